The summed E-state index contributed by atoms with van der Waals surface area (Å²) in [4.78, 5) is 36.9. The number of hydrazine groups is 1. The van der Waals surface area contributed by atoms with Gasteiger partial charge in [-0.25, -0.2) is 15.0 Å². The summed E-state index contributed by atoms with van der Waals surface area (Å²) in [6.07, 6.45) is 1.06. The predicted molar refractivity (Wildman–Crippen MR) is 97.1 cm³/mol. The van der Waals surface area contributed by atoms with Gasteiger partial charge in [0.25, 0.3) is 5.91 Å². The highest BCUT2D eigenvalue weighted by molar-refractivity contribution is 6.08. The Balaban J connectivity index is 1.61. The molecule has 1 aliphatic heterocycles. The van der Waals surface area contributed by atoms with Crippen molar-refractivity contribution in [2.75, 3.05) is 5.32 Å². The fourth-order valence-electron chi connectivity index (χ4n) is 2.78. The molecule has 7 nitrogen and oxygen atoms in total. The normalized spacial score (nSPS) is 19.2. The third kappa shape index (κ3) is 3.83. The van der Waals surface area contributed by atoms with Gasteiger partial charge in [0.15, 0.2) is 0 Å². The van der Waals surface area contributed by atoms with Crippen LogP contribution in [0.1, 0.15) is 18.9 Å². The number of nitrogens with zero attached hydrogens (tertiary/aromatic N) is 1. The lowest BCUT2D eigenvalue weighted by atomic mass is 9.93. The van der Waals surface area contributed by atoms with E-state index in [0.29, 0.717) is 18.5 Å². The number of hydrogen-bond donors (Lipinski definition) is 3. The Morgan fingerprint density at radius 3 is 2.31 bits per heavy atom. The van der Waals surface area contributed by atoms with Crippen molar-refractivity contribution in [3.63, 3.8) is 0 Å². The number of benzene rings is 2. The van der Waals surface area contributed by atoms with Crippen LogP contribution in [0.3, 0.4) is 0 Å². The Morgan fingerprint density at radius 2 is 1.65 bits per heavy atom. The number of carbonyl (C=O) groups excluding carboxylic acids is 3. The first-order valence-corrected chi connectivity index (χ1v) is 8.31. The topological polar surface area (TPSA) is 90.5 Å². The molecule has 3 rings (SSSR count). The third-order valence-electron chi connectivity index (χ3n) is 4.26. The highest BCUT2D eigenvalue weighted by Gasteiger charge is 2.48. The van der Waals surface area contributed by atoms with Crippen molar-refractivity contribution in [3.05, 3.63) is 66.2 Å². The monoisotopic (exact) mass is 352 g/mol. The van der Waals surface area contributed by atoms with Crippen molar-refractivity contribution < 1.29 is 14.4 Å². The van der Waals surface area contributed by atoms with E-state index in [1.165, 1.54) is 0 Å². The number of carbonyl (C=O) groups is 3. The molecule has 1 fully saturated rings. The molecular weight excluding hydrogens is 332 g/mol. The molecule has 1 aliphatic rings. The van der Waals surface area contributed by atoms with E-state index >= 15 is 0 Å². The van der Waals surface area contributed by atoms with Crippen molar-refractivity contribution in [1.82, 2.24) is 15.8 Å². The lowest BCUT2D eigenvalue weighted by molar-refractivity contribution is -0.132. The van der Waals surface area contributed by atoms with Crippen molar-refractivity contribution in [2.45, 2.75) is 25.3 Å². The van der Waals surface area contributed by atoms with Crippen LogP contribution < -0.4 is 16.1 Å². The van der Waals surface area contributed by atoms with E-state index in [-0.39, 0.29) is 0 Å². The molecule has 2 aromatic rings. The summed E-state index contributed by atoms with van der Waals surface area (Å²) in [5.41, 5.74) is 2.87. The minimum atomic E-state index is -1.06. The molecule has 3 N–H and O–H groups in total. The van der Waals surface area contributed by atoms with Gasteiger partial charge in [-0.2, -0.15) is 5.01 Å². The second-order valence-electron chi connectivity index (χ2n) is 6.32. The van der Waals surface area contributed by atoms with Gasteiger partial charge >= 0.3 is 12.1 Å². The molecule has 1 heterocycles. The van der Waals surface area contributed by atoms with Crippen LogP contribution in [0.5, 0.6) is 0 Å². The molecule has 5 amide bonds. The molecule has 0 bridgehead atoms. The van der Waals surface area contributed by atoms with Crippen LogP contribution in [-0.2, 0) is 11.2 Å². The average Bonchev–Trinajstić information content (AvgIpc) is 2.85. The van der Waals surface area contributed by atoms with Gasteiger partial charge in [0.2, 0.25) is 0 Å². The molecule has 134 valence electrons. The first kappa shape index (κ1) is 17.5. The summed E-state index contributed by atoms with van der Waals surface area (Å²) in [6, 6.07) is 17.2. The standard InChI is InChI=1S/C19H20N4O3/c1-19(13-12-14-8-4-2-5-9-14)16(24)23(18(26)21-19)22-17(25)20-15-10-6-3-7-11-15/h2-11H,12-13H2,1H3,(H,21,26)(H2,20,22,25)/t19-/m1/s1. The van der Waals surface area contributed by atoms with E-state index < -0.39 is 23.5 Å². The van der Waals surface area contributed by atoms with E-state index in [1.807, 2.05) is 36.4 Å². The number of rotatable bonds is 5. The Bertz CT molecular complexity index is 810. The fourth-order valence-corrected chi connectivity index (χ4v) is 2.78. The van der Waals surface area contributed by atoms with Gasteiger partial charge in [-0.15, -0.1) is 0 Å². The van der Waals surface area contributed by atoms with E-state index in [4.69, 9.17) is 0 Å². The molecule has 0 aromatic heterocycles. The van der Waals surface area contributed by atoms with Crippen molar-refractivity contribution >= 4 is 23.7 Å². The number of amides is 5. The highest BCUT2D eigenvalue weighted by atomic mass is 16.2. The van der Waals surface area contributed by atoms with Crippen LogP contribution >= 0.6 is 0 Å². The first-order chi connectivity index (χ1) is 12.5. The molecule has 26 heavy (non-hydrogen) atoms. The summed E-state index contributed by atoms with van der Waals surface area (Å²) in [6.45, 7) is 1.66. The summed E-state index contributed by atoms with van der Waals surface area (Å²) in [7, 11) is 0. The average molecular weight is 352 g/mol. The maximum atomic E-state index is 12.6. The van der Waals surface area contributed by atoms with Crippen LogP contribution in [0.2, 0.25) is 0 Å². The maximum Gasteiger partial charge on any atom is 0.344 e. The molecule has 0 radical (unpaired) electrons. The second kappa shape index (κ2) is 7.26. The first-order valence-electron chi connectivity index (χ1n) is 8.31. The smallest absolute Gasteiger partial charge is 0.322 e. The second-order valence-corrected chi connectivity index (χ2v) is 6.32. The van der Waals surface area contributed by atoms with Gasteiger partial charge in [-0.05, 0) is 37.5 Å². The van der Waals surface area contributed by atoms with Crippen molar-refractivity contribution in [2.24, 2.45) is 0 Å². The molecule has 0 aliphatic carbocycles. The van der Waals surface area contributed by atoms with Crippen molar-refractivity contribution in [3.8, 4) is 0 Å². The van der Waals surface area contributed by atoms with Crippen LogP contribution in [-0.4, -0.2) is 28.5 Å². The van der Waals surface area contributed by atoms with E-state index in [2.05, 4.69) is 16.1 Å². The quantitative estimate of drug-likeness (QED) is 0.723. The number of aryl methyl sites for hydroxylation is 1. The predicted octanol–water partition coefficient (Wildman–Crippen LogP) is 2.67. The molecule has 0 saturated carbocycles. The van der Waals surface area contributed by atoms with E-state index in [9.17, 15) is 14.4 Å². The van der Waals surface area contributed by atoms with Gasteiger partial charge in [0, 0.05) is 5.69 Å². The number of nitrogens with one attached hydrogen (secondary N) is 3. The minimum absolute atomic E-state index is 0.431. The highest BCUT2D eigenvalue weighted by Crippen LogP contribution is 2.22. The van der Waals surface area contributed by atoms with Crippen LogP contribution in [0, 0.1) is 0 Å². The van der Waals surface area contributed by atoms with Crippen molar-refractivity contribution in [1.29, 1.82) is 0 Å². The lowest BCUT2D eigenvalue weighted by Gasteiger charge is -2.21. The Labute approximate surface area is 151 Å². The molecule has 0 spiro atoms. The summed E-state index contributed by atoms with van der Waals surface area (Å²) >= 11 is 0. The maximum absolute atomic E-state index is 12.6. The van der Waals surface area contributed by atoms with Gasteiger partial charge in [0.1, 0.15) is 5.54 Å². The molecular formula is C19H20N4O3. The fraction of sp³-hybridized carbons (Fsp3) is 0.211. The summed E-state index contributed by atoms with van der Waals surface area (Å²) in [5.74, 6) is -0.485. The number of anilines is 1. The molecule has 0 unspecified atom stereocenters. The zero-order valence-corrected chi connectivity index (χ0v) is 14.4. The number of urea groups is 2. The van der Waals surface area contributed by atoms with Gasteiger partial charge < -0.3 is 10.6 Å². The minimum Gasteiger partial charge on any atom is -0.322 e. The van der Waals surface area contributed by atoms with Gasteiger partial charge in [-0.1, -0.05) is 48.5 Å². The molecule has 1 atom stereocenters. The van der Waals surface area contributed by atoms with Crippen LogP contribution in [0.4, 0.5) is 15.3 Å². The van der Waals surface area contributed by atoms with E-state index in [1.54, 1.807) is 31.2 Å². The Hall–Kier alpha value is -3.35. The molecule has 7 heteroatoms. The Kier molecular flexibility index (Phi) is 4.88. The van der Waals surface area contributed by atoms with Gasteiger partial charge in [-0.3, -0.25) is 4.79 Å². The number of imide groups is 1. The molecule has 2 aromatic carbocycles. The van der Waals surface area contributed by atoms with Gasteiger partial charge in [0.05, 0.1) is 0 Å². The Morgan fingerprint density at radius 1 is 1.04 bits per heavy atom. The SMILES string of the molecule is C[C@]1(CCc2ccccc2)NC(=O)N(NC(=O)Nc2ccccc2)C1=O. The lowest BCUT2D eigenvalue weighted by Crippen LogP contribution is -2.50. The van der Waals surface area contributed by atoms with Crippen LogP contribution in [0.25, 0.3) is 0 Å². The largest absolute Gasteiger partial charge is 0.344 e. The van der Waals surface area contributed by atoms with Crippen LogP contribution in [0.15, 0.2) is 60.7 Å². The number of para-hydroxylation sites is 1. The van der Waals surface area contributed by atoms with E-state index in [0.717, 1.165) is 10.6 Å². The summed E-state index contributed by atoms with van der Waals surface area (Å²) in [5, 5.41) is 5.96. The third-order valence-corrected chi connectivity index (χ3v) is 4.26. The number of hydrogen-bond acceptors (Lipinski definition) is 3. The zero-order valence-electron chi connectivity index (χ0n) is 14.4. The zero-order chi connectivity index (χ0) is 18.6. The molecule has 1 saturated heterocycles. The summed E-state index contributed by atoms with van der Waals surface area (Å²) < 4.78 is 0.